The van der Waals surface area contributed by atoms with E-state index in [2.05, 4.69) is 0 Å². The predicted molar refractivity (Wildman–Crippen MR) is 104 cm³/mol. The number of Topliss-reactive ketones (excluding diaryl/α,β-unsaturated/α-hetero) is 1. The molecule has 1 rings (SSSR count). The molecule has 0 heterocycles. The summed E-state index contributed by atoms with van der Waals surface area (Å²) in [5.74, 6) is -0.280. The van der Waals surface area contributed by atoms with Crippen molar-refractivity contribution in [3.8, 4) is 11.5 Å². The Balaban J connectivity index is 3.27. The number of methoxy groups -OCH3 is 2. The van der Waals surface area contributed by atoms with Crippen LogP contribution in [0.4, 0.5) is 0 Å². The lowest BCUT2D eigenvalue weighted by molar-refractivity contribution is -0.151. The monoisotopic (exact) mass is 396 g/mol. The molecule has 0 aliphatic heterocycles. The maximum atomic E-state index is 13.1. The molecular formula is C20H29O6P. The first-order chi connectivity index (χ1) is 12.9. The Morgan fingerprint density at radius 2 is 1.74 bits per heavy atom. The summed E-state index contributed by atoms with van der Waals surface area (Å²) in [7, 11) is 2.49. The molecule has 0 saturated heterocycles. The van der Waals surface area contributed by atoms with E-state index in [-0.39, 0.29) is 23.9 Å². The molecule has 1 aromatic rings. The van der Waals surface area contributed by atoms with E-state index in [9.17, 15) is 14.2 Å². The second-order valence-electron chi connectivity index (χ2n) is 6.49. The molecule has 0 amide bonds. The Kier molecular flexibility index (Phi) is 9.44. The molecule has 6 nitrogen and oxygen atoms in total. The molecule has 0 spiro atoms. The fourth-order valence-corrected chi connectivity index (χ4v) is 3.29. The summed E-state index contributed by atoms with van der Waals surface area (Å²) < 4.78 is 28.1. The number of hydrogen-bond donors (Lipinski definition) is 0. The van der Waals surface area contributed by atoms with Gasteiger partial charge in [0.2, 0.25) is 0 Å². The van der Waals surface area contributed by atoms with Crippen molar-refractivity contribution in [2.24, 2.45) is 0 Å². The van der Waals surface area contributed by atoms with Gasteiger partial charge in [0.05, 0.1) is 20.3 Å². The molecule has 2 atom stereocenters. The number of unbranched alkanes of at least 4 members (excludes halogenated alkanes) is 1. The van der Waals surface area contributed by atoms with Crippen LogP contribution in [0.25, 0.3) is 0 Å². The maximum absolute atomic E-state index is 13.1. The number of rotatable bonds is 12. The van der Waals surface area contributed by atoms with Crippen molar-refractivity contribution < 1.29 is 28.4 Å². The average molecular weight is 396 g/mol. The van der Waals surface area contributed by atoms with Crippen molar-refractivity contribution in [1.29, 1.82) is 0 Å². The van der Waals surface area contributed by atoms with E-state index in [1.54, 1.807) is 25.1 Å². The lowest BCUT2D eigenvalue weighted by atomic mass is 9.91. The summed E-state index contributed by atoms with van der Waals surface area (Å²) in [6.45, 7) is 5.64. The van der Waals surface area contributed by atoms with Gasteiger partial charge in [0, 0.05) is 6.42 Å². The van der Waals surface area contributed by atoms with Crippen LogP contribution in [0.2, 0.25) is 0 Å². The molecular weight excluding hydrogens is 367 g/mol. The van der Waals surface area contributed by atoms with Crippen molar-refractivity contribution >= 4 is 20.2 Å². The van der Waals surface area contributed by atoms with E-state index in [0.717, 1.165) is 6.42 Å². The quantitative estimate of drug-likeness (QED) is 0.286. The average Bonchev–Trinajstić information content (AvgIpc) is 2.69. The van der Waals surface area contributed by atoms with Crippen molar-refractivity contribution in [2.45, 2.75) is 64.1 Å². The fraction of sp³-hybridized carbons (Fsp3) is 0.600. The summed E-state index contributed by atoms with van der Waals surface area (Å²) in [6.07, 6.45) is 1.84. The number of ketones is 1. The molecule has 0 radical (unpaired) electrons. The maximum Gasteiger partial charge on any atom is 0.324 e. The molecule has 0 aliphatic rings. The Labute approximate surface area is 162 Å². The van der Waals surface area contributed by atoms with Crippen molar-refractivity contribution in [3.05, 3.63) is 23.8 Å². The molecule has 0 aromatic heterocycles. The smallest absolute Gasteiger partial charge is 0.324 e. The topological polar surface area (TPSA) is 78.9 Å². The van der Waals surface area contributed by atoms with Gasteiger partial charge >= 0.3 is 5.97 Å². The minimum atomic E-state index is -1.41. The van der Waals surface area contributed by atoms with Gasteiger partial charge in [0.25, 0.3) is 0 Å². The zero-order valence-electron chi connectivity index (χ0n) is 16.7. The minimum Gasteiger partial charge on any atom is -0.496 e. The molecule has 150 valence electrons. The summed E-state index contributed by atoms with van der Waals surface area (Å²) in [5.41, 5.74) is 0.239. The van der Waals surface area contributed by atoms with Crippen LogP contribution in [-0.2, 0) is 14.1 Å². The molecule has 27 heavy (non-hydrogen) atoms. The second kappa shape index (κ2) is 11.0. The number of benzene rings is 1. The number of ether oxygens (including phenoxy) is 3. The molecule has 2 unspecified atom stereocenters. The van der Waals surface area contributed by atoms with Crippen LogP contribution >= 0.6 is 8.46 Å². The number of esters is 1. The van der Waals surface area contributed by atoms with Gasteiger partial charge in [-0.1, -0.05) is 32.8 Å². The van der Waals surface area contributed by atoms with Gasteiger partial charge in [-0.15, -0.1) is 0 Å². The van der Waals surface area contributed by atoms with Crippen LogP contribution in [0.5, 0.6) is 11.5 Å². The van der Waals surface area contributed by atoms with Gasteiger partial charge in [0.15, 0.2) is 19.4 Å². The van der Waals surface area contributed by atoms with Gasteiger partial charge in [-0.05, 0) is 31.9 Å². The Morgan fingerprint density at radius 3 is 2.19 bits per heavy atom. The van der Waals surface area contributed by atoms with Gasteiger partial charge in [-0.25, -0.2) is 0 Å². The molecule has 0 fully saturated rings. The molecule has 1 aromatic carbocycles. The van der Waals surface area contributed by atoms with Crippen LogP contribution in [0.1, 0.15) is 63.2 Å². The van der Waals surface area contributed by atoms with Crippen molar-refractivity contribution in [2.75, 3.05) is 14.2 Å². The molecule has 0 aliphatic carbocycles. The van der Waals surface area contributed by atoms with E-state index in [1.807, 2.05) is 13.8 Å². The predicted octanol–water partition coefficient (Wildman–Crippen LogP) is 4.84. The highest BCUT2D eigenvalue weighted by Gasteiger charge is 2.44. The van der Waals surface area contributed by atoms with Gasteiger partial charge in [-0.3, -0.25) is 14.2 Å². The largest absolute Gasteiger partial charge is 0.496 e. The molecule has 0 N–H and O–H groups in total. The standard InChI is InChI=1S/C20H29O6P/c1-6-8-12-20(27-23,19(22)26-14(3)7-2)13-15(21)18-16(24-4)10-9-11-17(18)25-5/h9-11,14H,6-8,12-13H2,1-5H3. The SMILES string of the molecule is CCCCC(CC(=O)c1c(OC)cccc1OC)(P=O)C(=O)OC(C)CC. The van der Waals surface area contributed by atoms with Crippen LogP contribution in [0.3, 0.4) is 0 Å². The second-order valence-corrected chi connectivity index (χ2v) is 7.53. The van der Waals surface area contributed by atoms with E-state index >= 15 is 0 Å². The Hall–Kier alpha value is -1.94. The zero-order valence-corrected chi connectivity index (χ0v) is 17.6. The molecule has 7 heteroatoms. The first kappa shape index (κ1) is 23.1. The van der Waals surface area contributed by atoms with Crippen LogP contribution in [-0.4, -0.2) is 37.2 Å². The Morgan fingerprint density at radius 1 is 1.15 bits per heavy atom. The van der Waals surface area contributed by atoms with Crippen LogP contribution in [0, 0.1) is 0 Å². The summed E-state index contributed by atoms with van der Waals surface area (Å²) in [5, 5.41) is -1.41. The first-order valence-corrected chi connectivity index (χ1v) is 10.00. The van der Waals surface area contributed by atoms with E-state index in [4.69, 9.17) is 14.2 Å². The summed E-state index contributed by atoms with van der Waals surface area (Å²) in [4.78, 5) is 25.9. The van der Waals surface area contributed by atoms with Crippen molar-refractivity contribution in [1.82, 2.24) is 0 Å². The third-order valence-electron chi connectivity index (χ3n) is 4.54. The van der Waals surface area contributed by atoms with Gasteiger partial charge < -0.3 is 14.2 Å². The van der Waals surface area contributed by atoms with E-state index in [0.29, 0.717) is 30.8 Å². The lowest BCUT2D eigenvalue weighted by Gasteiger charge is -2.26. The Bertz CT molecular complexity index is 638. The van der Waals surface area contributed by atoms with Crippen molar-refractivity contribution in [3.63, 3.8) is 0 Å². The zero-order chi connectivity index (χ0) is 20.4. The highest BCUT2D eigenvalue weighted by molar-refractivity contribution is 7.28. The lowest BCUT2D eigenvalue weighted by Crippen LogP contribution is -2.38. The normalized spacial score (nSPS) is 14.3. The van der Waals surface area contributed by atoms with E-state index < -0.39 is 19.6 Å². The van der Waals surface area contributed by atoms with Gasteiger partial charge in [-0.2, -0.15) is 0 Å². The van der Waals surface area contributed by atoms with E-state index in [1.165, 1.54) is 14.2 Å². The summed E-state index contributed by atoms with van der Waals surface area (Å²) in [6, 6.07) is 5.01. The number of carbonyl (C=O) groups is 2. The highest BCUT2D eigenvalue weighted by atomic mass is 31.1. The fourth-order valence-electron chi connectivity index (χ4n) is 2.70. The number of hydrogen-bond acceptors (Lipinski definition) is 6. The van der Waals surface area contributed by atoms with Crippen LogP contribution in [0.15, 0.2) is 18.2 Å². The summed E-state index contributed by atoms with van der Waals surface area (Å²) >= 11 is 0. The molecule has 0 bridgehead atoms. The number of carbonyl (C=O) groups excluding carboxylic acids is 2. The third-order valence-corrected chi connectivity index (χ3v) is 5.46. The third kappa shape index (κ3) is 5.77. The molecule has 0 saturated carbocycles. The highest BCUT2D eigenvalue weighted by Crippen LogP contribution is 2.39. The minimum absolute atomic E-state index is 0.239. The van der Waals surface area contributed by atoms with Crippen LogP contribution < -0.4 is 9.47 Å². The first-order valence-electron chi connectivity index (χ1n) is 9.18. The van der Waals surface area contributed by atoms with Gasteiger partial charge in [0.1, 0.15) is 17.1 Å².